The summed E-state index contributed by atoms with van der Waals surface area (Å²) >= 11 is 0. The maximum absolute atomic E-state index is 13.3. The molecule has 0 aliphatic rings. The highest BCUT2D eigenvalue weighted by atomic mass is 19.1. The average Bonchev–Trinajstić information content (AvgIpc) is 2.07. The molecule has 0 saturated heterocycles. The van der Waals surface area contributed by atoms with E-state index in [9.17, 15) is 13.9 Å². The molecule has 2 nitrogen and oxygen atoms in total. The first-order valence-corrected chi connectivity index (χ1v) is 4.71. The Balaban J connectivity index is 2.82. The molecule has 4 heteroatoms. The summed E-state index contributed by atoms with van der Waals surface area (Å²) in [6.45, 7) is 4.83. The van der Waals surface area contributed by atoms with Gasteiger partial charge in [0.2, 0.25) is 0 Å². The van der Waals surface area contributed by atoms with E-state index in [1.165, 1.54) is 6.92 Å². The van der Waals surface area contributed by atoms with E-state index in [0.29, 0.717) is 0 Å². The first-order chi connectivity index (χ1) is 6.79. The fourth-order valence-electron chi connectivity index (χ4n) is 1.09. The van der Waals surface area contributed by atoms with Gasteiger partial charge in [0.25, 0.3) is 0 Å². The van der Waals surface area contributed by atoms with Crippen LogP contribution in [-0.4, -0.2) is 17.3 Å². The van der Waals surface area contributed by atoms with Crippen molar-refractivity contribution in [1.29, 1.82) is 0 Å². The molecule has 0 saturated carbocycles. The van der Waals surface area contributed by atoms with Crippen molar-refractivity contribution in [2.24, 2.45) is 0 Å². The summed E-state index contributed by atoms with van der Waals surface area (Å²) in [5, 5.41) is 12.1. The summed E-state index contributed by atoms with van der Waals surface area (Å²) in [4.78, 5) is 0. The number of rotatable bonds is 3. The number of hydrogen-bond acceptors (Lipinski definition) is 2. The molecular weight excluding hydrogens is 200 g/mol. The molecule has 0 bridgehead atoms. The molecule has 0 aliphatic carbocycles. The lowest BCUT2D eigenvalue weighted by atomic mass is 10.1. The number of hydrogen-bond donors (Lipinski definition) is 2. The molecular formula is C11H15F2NO. The van der Waals surface area contributed by atoms with Gasteiger partial charge in [0.15, 0.2) is 0 Å². The van der Waals surface area contributed by atoms with E-state index in [1.54, 1.807) is 13.8 Å². The van der Waals surface area contributed by atoms with E-state index >= 15 is 0 Å². The van der Waals surface area contributed by atoms with Crippen LogP contribution in [0.25, 0.3) is 0 Å². The van der Waals surface area contributed by atoms with Gasteiger partial charge >= 0.3 is 0 Å². The van der Waals surface area contributed by atoms with Gasteiger partial charge in [-0.15, -0.1) is 0 Å². The fraction of sp³-hybridized carbons (Fsp3) is 0.455. The molecule has 1 aromatic carbocycles. The van der Waals surface area contributed by atoms with Crippen molar-refractivity contribution < 1.29 is 13.9 Å². The van der Waals surface area contributed by atoms with Gasteiger partial charge in [0.05, 0.1) is 11.3 Å². The Morgan fingerprint density at radius 2 is 1.87 bits per heavy atom. The van der Waals surface area contributed by atoms with Gasteiger partial charge in [-0.05, 0) is 32.4 Å². The normalized spacial score (nSPS) is 11.6. The van der Waals surface area contributed by atoms with Crippen molar-refractivity contribution in [2.45, 2.75) is 26.4 Å². The molecule has 84 valence electrons. The Kier molecular flexibility index (Phi) is 3.29. The summed E-state index contributed by atoms with van der Waals surface area (Å²) < 4.78 is 26.4. The van der Waals surface area contributed by atoms with Gasteiger partial charge in [-0.1, -0.05) is 0 Å². The highest BCUT2D eigenvalue weighted by Gasteiger charge is 2.14. The lowest BCUT2D eigenvalue weighted by Gasteiger charge is -2.19. The van der Waals surface area contributed by atoms with Crippen LogP contribution in [0.4, 0.5) is 14.5 Å². The highest BCUT2D eigenvalue weighted by molar-refractivity contribution is 5.47. The van der Waals surface area contributed by atoms with Crippen molar-refractivity contribution in [3.63, 3.8) is 0 Å². The number of nitrogens with one attached hydrogen (secondary N) is 1. The molecule has 15 heavy (non-hydrogen) atoms. The van der Waals surface area contributed by atoms with Crippen molar-refractivity contribution in [1.82, 2.24) is 0 Å². The minimum Gasteiger partial charge on any atom is -0.389 e. The zero-order valence-electron chi connectivity index (χ0n) is 9.06. The Bertz CT molecular complexity index is 358. The van der Waals surface area contributed by atoms with E-state index in [1.807, 2.05) is 0 Å². The molecule has 0 heterocycles. The van der Waals surface area contributed by atoms with Crippen LogP contribution in [0.15, 0.2) is 12.1 Å². The molecule has 0 spiro atoms. The van der Waals surface area contributed by atoms with Crippen LogP contribution in [0.2, 0.25) is 0 Å². The van der Waals surface area contributed by atoms with Crippen molar-refractivity contribution in [3.8, 4) is 0 Å². The van der Waals surface area contributed by atoms with Crippen LogP contribution in [0, 0.1) is 18.6 Å². The lowest BCUT2D eigenvalue weighted by molar-refractivity contribution is 0.0944. The Morgan fingerprint density at radius 1 is 1.27 bits per heavy atom. The second-order valence-electron chi connectivity index (χ2n) is 4.25. The van der Waals surface area contributed by atoms with Crippen LogP contribution in [0.3, 0.4) is 0 Å². The van der Waals surface area contributed by atoms with E-state index in [2.05, 4.69) is 5.32 Å². The summed E-state index contributed by atoms with van der Waals surface area (Å²) in [6.07, 6.45) is 0. The molecule has 2 N–H and O–H groups in total. The summed E-state index contributed by atoms with van der Waals surface area (Å²) in [5.74, 6) is -0.979. The van der Waals surface area contributed by atoms with Crippen LogP contribution in [0.1, 0.15) is 19.4 Å². The number of aliphatic hydroxyl groups is 1. The lowest BCUT2D eigenvalue weighted by Crippen LogP contribution is -2.29. The van der Waals surface area contributed by atoms with E-state index in [4.69, 9.17) is 0 Å². The highest BCUT2D eigenvalue weighted by Crippen LogP contribution is 2.19. The first kappa shape index (κ1) is 11.9. The molecule has 0 radical (unpaired) electrons. The molecule has 1 aromatic rings. The fourth-order valence-corrected chi connectivity index (χ4v) is 1.09. The molecule has 0 unspecified atom stereocenters. The quantitative estimate of drug-likeness (QED) is 0.811. The van der Waals surface area contributed by atoms with Gasteiger partial charge in [0.1, 0.15) is 11.6 Å². The van der Waals surface area contributed by atoms with E-state index in [0.717, 1.165) is 12.1 Å². The van der Waals surface area contributed by atoms with Crippen molar-refractivity contribution in [3.05, 3.63) is 29.3 Å². The second kappa shape index (κ2) is 4.14. The van der Waals surface area contributed by atoms with Crippen LogP contribution in [0.5, 0.6) is 0 Å². The molecule has 0 aliphatic heterocycles. The summed E-state index contributed by atoms with van der Waals surface area (Å²) in [6, 6.07) is 2.22. The van der Waals surface area contributed by atoms with Crippen LogP contribution >= 0.6 is 0 Å². The maximum Gasteiger partial charge on any atom is 0.146 e. The third-order valence-electron chi connectivity index (χ3n) is 1.96. The van der Waals surface area contributed by atoms with Gasteiger partial charge in [-0.25, -0.2) is 8.78 Å². The zero-order valence-corrected chi connectivity index (χ0v) is 9.06. The average molecular weight is 215 g/mol. The molecule has 0 atom stereocenters. The molecule has 0 fully saturated rings. The standard InChI is InChI=1S/C11H15F2NO/c1-7-4-9(13)10(5-8(7)12)14-6-11(2,3)15/h4-5,14-15H,6H2,1-3H3. The van der Waals surface area contributed by atoms with Crippen molar-refractivity contribution >= 4 is 5.69 Å². The maximum atomic E-state index is 13.3. The monoisotopic (exact) mass is 215 g/mol. The molecule has 0 aromatic heterocycles. The van der Waals surface area contributed by atoms with Crippen LogP contribution < -0.4 is 5.32 Å². The second-order valence-corrected chi connectivity index (χ2v) is 4.25. The van der Waals surface area contributed by atoms with Gasteiger partial charge in [-0.2, -0.15) is 0 Å². The molecule has 0 amide bonds. The van der Waals surface area contributed by atoms with Gasteiger partial charge in [0, 0.05) is 12.6 Å². The summed E-state index contributed by atoms with van der Waals surface area (Å²) in [7, 11) is 0. The smallest absolute Gasteiger partial charge is 0.146 e. The predicted molar refractivity (Wildman–Crippen MR) is 55.9 cm³/mol. The zero-order chi connectivity index (χ0) is 11.6. The number of halogens is 2. The van der Waals surface area contributed by atoms with E-state index in [-0.39, 0.29) is 17.8 Å². The topological polar surface area (TPSA) is 32.3 Å². The molecule has 1 rings (SSSR count). The minimum atomic E-state index is -0.964. The number of anilines is 1. The van der Waals surface area contributed by atoms with Gasteiger partial charge in [-0.3, -0.25) is 0 Å². The SMILES string of the molecule is Cc1cc(F)c(NCC(C)(C)O)cc1F. The Hall–Kier alpha value is -1.16. The Labute approximate surface area is 87.9 Å². The van der Waals surface area contributed by atoms with Crippen LogP contribution in [-0.2, 0) is 0 Å². The van der Waals surface area contributed by atoms with Crippen molar-refractivity contribution in [2.75, 3.05) is 11.9 Å². The largest absolute Gasteiger partial charge is 0.389 e. The third-order valence-corrected chi connectivity index (χ3v) is 1.96. The predicted octanol–water partition coefficient (Wildman–Crippen LogP) is 2.46. The number of aryl methyl sites for hydroxylation is 1. The van der Waals surface area contributed by atoms with E-state index < -0.39 is 17.2 Å². The van der Waals surface area contributed by atoms with Gasteiger partial charge < -0.3 is 10.4 Å². The number of benzene rings is 1. The Morgan fingerprint density at radius 3 is 2.40 bits per heavy atom. The minimum absolute atomic E-state index is 0.0697. The first-order valence-electron chi connectivity index (χ1n) is 4.71. The third kappa shape index (κ3) is 3.47. The summed E-state index contributed by atoms with van der Waals surface area (Å²) in [5.41, 5.74) is -0.630.